The normalized spacial score (nSPS) is 10.4. The van der Waals surface area contributed by atoms with Crippen molar-refractivity contribution in [1.82, 2.24) is 14.9 Å². The fourth-order valence-corrected chi connectivity index (χ4v) is 2.12. The van der Waals surface area contributed by atoms with Crippen LogP contribution in [0.25, 0.3) is 0 Å². The van der Waals surface area contributed by atoms with Crippen molar-refractivity contribution in [3.8, 4) is 0 Å². The second-order valence-electron chi connectivity index (χ2n) is 5.47. The first-order chi connectivity index (χ1) is 10.1. The fourth-order valence-electron chi connectivity index (χ4n) is 2.12. The topological polar surface area (TPSA) is 72.9 Å². The first kappa shape index (κ1) is 18.2. The molecule has 0 atom stereocenters. The second kappa shape index (κ2) is 8.56. The molecule has 1 heterocycles. The third-order valence-corrected chi connectivity index (χ3v) is 3.22. The van der Waals surface area contributed by atoms with Crippen LogP contribution in [0.3, 0.4) is 0 Å². The average Bonchev–Trinajstić information content (AvgIpc) is 2.91. The summed E-state index contributed by atoms with van der Waals surface area (Å²) in [6, 6.07) is 7.32. The predicted molar refractivity (Wildman–Crippen MR) is 89.8 cm³/mol. The van der Waals surface area contributed by atoms with Crippen molar-refractivity contribution in [2.24, 2.45) is 11.7 Å². The van der Waals surface area contributed by atoms with Gasteiger partial charge < -0.3 is 15.6 Å². The quantitative estimate of drug-likeness (QED) is 0.857. The summed E-state index contributed by atoms with van der Waals surface area (Å²) < 4.78 is 2.07. The highest BCUT2D eigenvalue weighted by Crippen LogP contribution is 2.06. The van der Waals surface area contributed by atoms with Gasteiger partial charge in [-0.25, -0.2) is 4.98 Å². The first-order valence-electron chi connectivity index (χ1n) is 7.17. The summed E-state index contributed by atoms with van der Waals surface area (Å²) in [7, 11) is 0. The van der Waals surface area contributed by atoms with Crippen LogP contribution >= 0.6 is 12.4 Å². The number of carbonyl (C=O) groups excluding carboxylic acids is 1. The van der Waals surface area contributed by atoms with Crippen LogP contribution in [-0.4, -0.2) is 15.5 Å². The van der Waals surface area contributed by atoms with E-state index in [2.05, 4.69) is 28.7 Å². The van der Waals surface area contributed by atoms with E-state index in [0.29, 0.717) is 24.6 Å². The van der Waals surface area contributed by atoms with Crippen LogP contribution in [0.1, 0.15) is 35.6 Å². The van der Waals surface area contributed by atoms with Gasteiger partial charge in [0.25, 0.3) is 5.91 Å². The van der Waals surface area contributed by atoms with Crippen LogP contribution in [0.15, 0.2) is 36.7 Å². The van der Waals surface area contributed by atoms with Gasteiger partial charge in [-0.05, 0) is 23.6 Å². The number of amides is 1. The van der Waals surface area contributed by atoms with Crippen molar-refractivity contribution >= 4 is 18.3 Å². The zero-order valence-corrected chi connectivity index (χ0v) is 13.8. The van der Waals surface area contributed by atoms with Crippen LogP contribution in [0, 0.1) is 5.92 Å². The fraction of sp³-hybridized carbons (Fsp3) is 0.375. The maximum Gasteiger partial charge on any atom is 0.251 e. The van der Waals surface area contributed by atoms with Crippen molar-refractivity contribution < 1.29 is 4.79 Å². The Labute approximate surface area is 137 Å². The zero-order chi connectivity index (χ0) is 15.2. The van der Waals surface area contributed by atoms with Gasteiger partial charge in [-0.3, -0.25) is 4.79 Å². The molecule has 1 aromatic heterocycles. The third kappa shape index (κ3) is 4.86. The van der Waals surface area contributed by atoms with E-state index in [4.69, 9.17) is 5.73 Å². The molecule has 0 aliphatic rings. The summed E-state index contributed by atoms with van der Waals surface area (Å²) in [6.07, 6.45) is 3.71. The Kier molecular flexibility index (Phi) is 7.08. The largest absolute Gasteiger partial charge is 0.345 e. The Balaban J connectivity index is 0.00000242. The van der Waals surface area contributed by atoms with E-state index >= 15 is 0 Å². The molecule has 0 aliphatic carbocycles. The van der Waals surface area contributed by atoms with Crippen LogP contribution in [0.5, 0.6) is 0 Å². The standard InChI is InChI=1S/C16H22N4O.ClH/c1-12(2)11-20-8-7-18-15(20)10-19-16(21)14-5-3-13(9-17)4-6-14;/h3-8,12H,9-11,17H2,1-2H3,(H,19,21);1H. The first-order valence-corrected chi connectivity index (χ1v) is 7.17. The van der Waals surface area contributed by atoms with Gasteiger partial charge in [0.05, 0.1) is 6.54 Å². The lowest BCUT2D eigenvalue weighted by Gasteiger charge is -2.11. The smallest absolute Gasteiger partial charge is 0.251 e. The minimum Gasteiger partial charge on any atom is -0.345 e. The van der Waals surface area contributed by atoms with Crippen molar-refractivity contribution in [2.75, 3.05) is 0 Å². The Morgan fingerprint density at radius 1 is 1.32 bits per heavy atom. The molecule has 5 nitrogen and oxygen atoms in total. The minimum absolute atomic E-state index is 0. The molecule has 0 aliphatic heterocycles. The summed E-state index contributed by atoms with van der Waals surface area (Å²) in [6.45, 7) is 6.12. The molecule has 1 aromatic carbocycles. The van der Waals surface area contributed by atoms with Crippen molar-refractivity contribution in [3.05, 3.63) is 53.6 Å². The second-order valence-corrected chi connectivity index (χ2v) is 5.47. The van der Waals surface area contributed by atoms with E-state index in [1.807, 2.05) is 18.3 Å². The van der Waals surface area contributed by atoms with Crippen LogP contribution in [0.2, 0.25) is 0 Å². The molecule has 0 saturated heterocycles. The molecule has 2 rings (SSSR count). The number of nitrogens with zero attached hydrogens (tertiary/aromatic N) is 2. The van der Waals surface area contributed by atoms with Gasteiger partial charge in [0.2, 0.25) is 0 Å². The van der Waals surface area contributed by atoms with Crippen molar-refractivity contribution in [1.29, 1.82) is 0 Å². The average molecular weight is 323 g/mol. The number of rotatable bonds is 6. The lowest BCUT2D eigenvalue weighted by molar-refractivity contribution is 0.0949. The zero-order valence-electron chi connectivity index (χ0n) is 13.0. The van der Waals surface area contributed by atoms with E-state index in [9.17, 15) is 4.79 Å². The third-order valence-electron chi connectivity index (χ3n) is 3.22. The van der Waals surface area contributed by atoms with Gasteiger partial charge in [-0.2, -0.15) is 0 Å². The number of halogens is 1. The number of benzene rings is 1. The minimum atomic E-state index is -0.0994. The number of nitrogens with one attached hydrogen (secondary N) is 1. The van der Waals surface area contributed by atoms with Crippen LogP contribution in [0.4, 0.5) is 0 Å². The highest BCUT2D eigenvalue weighted by atomic mass is 35.5. The molecule has 0 fully saturated rings. The maximum absolute atomic E-state index is 12.1. The molecule has 0 spiro atoms. The summed E-state index contributed by atoms with van der Waals surface area (Å²) in [5.74, 6) is 1.31. The number of aromatic nitrogens is 2. The van der Waals surface area contributed by atoms with Gasteiger partial charge in [-0.15, -0.1) is 12.4 Å². The molecule has 0 radical (unpaired) electrons. The Hall–Kier alpha value is -1.85. The Morgan fingerprint density at radius 3 is 2.59 bits per heavy atom. The lowest BCUT2D eigenvalue weighted by atomic mass is 10.1. The monoisotopic (exact) mass is 322 g/mol. The molecule has 0 saturated carbocycles. The predicted octanol–water partition coefficient (Wildman–Crippen LogP) is 2.35. The van der Waals surface area contributed by atoms with Gasteiger partial charge >= 0.3 is 0 Å². The van der Waals surface area contributed by atoms with Crippen molar-refractivity contribution in [2.45, 2.75) is 33.5 Å². The lowest BCUT2D eigenvalue weighted by Crippen LogP contribution is -2.25. The van der Waals surface area contributed by atoms with E-state index in [-0.39, 0.29) is 18.3 Å². The summed E-state index contributed by atoms with van der Waals surface area (Å²) >= 11 is 0. The summed E-state index contributed by atoms with van der Waals surface area (Å²) in [5.41, 5.74) is 7.19. The van der Waals surface area contributed by atoms with Gasteiger partial charge in [0.15, 0.2) is 0 Å². The molecular weight excluding hydrogens is 300 g/mol. The SMILES string of the molecule is CC(C)Cn1ccnc1CNC(=O)c1ccc(CN)cc1.Cl. The van der Waals surface area contributed by atoms with E-state index in [0.717, 1.165) is 17.9 Å². The summed E-state index contributed by atoms with van der Waals surface area (Å²) in [4.78, 5) is 16.4. The molecule has 6 heteroatoms. The molecule has 0 bridgehead atoms. The highest BCUT2D eigenvalue weighted by molar-refractivity contribution is 5.94. The van der Waals surface area contributed by atoms with Crippen LogP contribution < -0.4 is 11.1 Å². The molecule has 3 N–H and O–H groups in total. The van der Waals surface area contributed by atoms with Gasteiger partial charge in [0, 0.05) is 31.0 Å². The number of nitrogens with two attached hydrogens (primary N) is 1. The van der Waals surface area contributed by atoms with Crippen molar-refractivity contribution in [3.63, 3.8) is 0 Å². The summed E-state index contributed by atoms with van der Waals surface area (Å²) in [5, 5.41) is 2.90. The van der Waals surface area contributed by atoms with Gasteiger partial charge in [0.1, 0.15) is 5.82 Å². The molecule has 22 heavy (non-hydrogen) atoms. The van der Waals surface area contributed by atoms with E-state index < -0.39 is 0 Å². The number of carbonyl (C=O) groups is 1. The molecule has 120 valence electrons. The number of hydrogen-bond acceptors (Lipinski definition) is 3. The Bertz CT molecular complexity index is 592. The number of hydrogen-bond donors (Lipinski definition) is 2. The molecular formula is C16H23ClN4O. The molecule has 1 amide bonds. The highest BCUT2D eigenvalue weighted by Gasteiger charge is 2.08. The van der Waals surface area contributed by atoms with Crippen LogP contribution in [-0.2, 0) is 19.6 Å². The van der Waals surface area contributed by atoms with E-state index in [1.165, 1.54) is 0 Å². The number of imidazole rings is 1. The maximum atomic E-state index is 12.1. The molecule has 0 unspecified atom stereocenters. The molecule has 2 aromatic rings. The Morgan fingerprint density at radius 2 is 2.00 bits per heavy atom. The van der Waals surface area contributed by atoms with Gasteiger partial charge in [-0.1, -0.05) is 26.0 Å². The van der Waals surface area contributed by atoms with E-state index in [1.54, 1.807) is 18.3 Å².